The lowest BCUT2D eigenvalue weighted by Gasteiger charge is -1.98. The summed E-state index contributed by atoms with van der Waals surface area (Å²) in [5.74, 6) is 0. The Labute approximate surface area is 47.7 Å². The van der Waals surface area contributed by atoms with Gasteiger partial charge in [0.15, 0.2) is 0 Å². The number of aromatic nitrogens is 1. The highest BCUT2D eigenvalue weighted by molar-refractivity contribution is 5.06. The van der Waals surface area contributed by atoms with Crippen LogP contribution in [0.2, 0.25) is 0 Å². The number of hydrogen-bond donors (Lipinski definition) is 3. The lowest BCUT2D eigenvalue weighted by Crippen LogP contribution is -2.20. The molecule has 0 aliphatic heterocycles. The second kappa shape index (κ2) is 1.98. The molecule has 0 spiro atoms. The van der Waals surface area contributed by atoms with Crippen molar-refractivity contribution < 1.29 is 0 Å². The zero-order valence-electron chi connectivity index (χ0n) is 4.46. The molecular weight excluding hydrogens is 102 g/mol. The smallest absolute Gasteiger partial charge is 0.0937 e. The van der Waals surface area contributed by atoms with Gasteiger partial charge in [0.2, 0.25) is 0 Å². The van der Waals surface area contributed by atoms with Crippen LogP contribution in [0.15, 0.2) is 18.3 Å². The highest BCUT2D eigenvalue weighted by Gasteiger charge is 1.95. The first-order valence-electron chi connectivity index (χ1n) is 2.45. The van der Waals surface area contributed by atoms with Crippen LogP contribution >= 0.6 is 0 Å². The van der Waals surface area contributed by atoms with Crippen LogP contribution in [-0.2, 0) is 0 Å². The normalized spacial score (nSPS) is 10.4. The van der Waals surface area contributed by atoms with Crippen molar-refractivity contribution in [3.63, 3.8) is 0 Å². The molecule has 0 aliphatic carbocycles. The second-order valence-electron chi connectivity index (χ2n) is 1.65. The van der Waals surface area contributed by atoms with E-state index in [2.05, 4.69) is 4.98 Å². The summed E-state index contributed by atoms with van der Waals surface area (Å²) in [6, 6.07) is 3.72. The molecule has 0 unspecified atom stereocenters. The van der Waals surface area contributed by atoms with Crippen molar-refractivity contribution in [1.29, 1.82) is 0 Å². The topological polar surface area (TPSA) is 67.8 Å². The SMILES string of the molecule is NC(N)c1ccc[nH]1. The Bertz CT molecular complexity index is 143. The first kappa shape index (κ1) is 5.34. The van der Waals surface area contributed by atoms with Crippen molar-refractivity contribution in [2.24, 2.45) is 11.5 Å². The standard InChI is InChI=1S/C5H9N3/c6-5(7)4-2-1-3-8-4/h1-3,5,8H,6-7H2. The van der Waals surface area contributed by atoms with Gasteiger partial charge in [-0.3, -0.25) is 0 Å². The maximum Gasteiger partial charge on any atom is 0.0937 e. The van der Waals surface area contributed by atoms with E-state index < -0.39 is 0 Å². The Balaban J connectivity index is 2.77. The molecular formula is C5H9N3. The molecule has 0 saturated heterocycles. The van der Waals surface area contributed by atoms with E-state index in [9.17, 15) is 0 Å². The zero-order chi connectivity index (χ0) is 5.98. The highest BCUT2D eigenvalue weighted by Crippen LogP contribution is 1.97. The van der Waals surface area contributed by atoms with Crippen LogP contribution in [0.25, 0.3) is 0 Å². The minimum atomic E-state index is -0.370. The van der Waals surface area contributed by atoms with Gasteiger partial charge in [-0.1, -0.05) is 0 Å². The third kappa shape index (κ3) is 0.882. The van der Waals surface area contributed by atoms with Gasteiger partial charge in [0.05, 0.1) is 6.17 Å². The largest absolute Gasteiger partial charge is 0.363 e. The van der Waals surface area contributed by atoms with Crippen LogP contribution in [0.1, 0.15) is 11.9 Å². The van der Waals surface area contributed by atoms with Crippen molar-refractivity contribution in [1.82, 2.24) is 4.98 Å². The van der Waals surface area contributed by atoms with Gasteiger partial charge in [0.1, 0.15) is 0 Å². The van der Waals surface area contributed by atoms with E-state index in [-0.39, 0.29) is 6.17 Å². The van der Waals surface area contributed by atoms with Gasteiger partial charge in [-0.2, -0.15) is 0 Å². The van der Waals surface area contributed by atoms with Crippen LogP contribution in [0.3, 0.4) is 0 Å². The molecule has 1 rings (SSSR count). The summed E-state index contributed by atoms with van der Waals surface area (Å²) in [5, 5.41) is 0. The third-order valence-electron chi connectivity index (χ3n) is 0.981. The molecule has 1 heterocycles. The summed E-state index contributed by atoms with van der Waals surface area (Å²) in [6.07, 6.45) is 1.42. The summed E-state index contributed by atoms with van der Waals surface area (Å²) in [4.78, 5) is 2.89. The first-order chi connectivity index (χ1) is 3.80. The number of H-pyrrole nitrogens is 1. The molecule has 3 heteroatoms. The Kier molecular flexibility index (Phi) is 1.32. The minimum Gasteiger partial charge on any atom is -0.363 e. The average Bonchev–Trinajstić information content (AvgIpc) is 2.12. The van der Waals surface area contributed by atoms with Crippen LogP contribution in [0, 0.1) is 0 Å². The molecule has 1 aromatic heterocycles. The zero-order valence-corrected chi connectivity index (χ0v) is 4.46. The molecule has 0 saturated carbocycles. The molecule has 5 N–H and O–H groups in total. The van der Waals surface area contributed by atoms with E-state index >= 15 is 0 Å². The van der Waals surface area contributed by atoms with Crippen LogP contribution in [0.5, 0.6) is 0 Å². The molecule has 0 fully saturated rings. The van der Waals surface area contributed by atoms with Gasteiger partial charge < -0.3 is 16.5 Å². The van der Waals surface area contributed by atoms with Crippen molar-refractivity contribution in [3.8, 4) is 0 Å². The molecule has 0 aliphatic rings. The molecule has 3 nitrogen and oxygen atoms in total. The van der Waals surface area contributed by atoms with Gasteiger partial charge in [0.25, 0.3) is 0 Å². The first-order valence-corrected chi connectivity index (χ1v) is 2.45. The highest BCUT2D eigenvalue weighted by atomic mass is 14.9. The number of nitrogens with two attached hydrogens (primary N) is 2. The summed E-state index contributed by atoms with van der Waals surface area (Å²) in [6.45, 7) is 0. The van der Waals surface area contributed by atoms with Gasteiger partial charge in [-0.15, -0.1) is 0 Å². The fraction of sp³-hybridized carbons (Fsp3) is 0.200. The van der Waals surface area contributed by atoms with E-state index in [1.807, 2.05) is 12.1 Å². The van der Waals surface area contributed by atoms with E-state index in [0.29, 0.717) is 0 Å². The summed E-state index contributed by atoms with van der Waals surface area (Å²) >= 11 is 0. The molecule has 8 heavy (non-hydrogen) atoms. The van der Waals surface area contributed by atoms with Gasteiger partial charge in [-0.05, 0) is 12.1 Å². The van der Waals surface area contributed by atoms with Gasteiger partial charge >= 0.3 is 0 Å². The summed E-state index contributed by atoms with van der Waals surface area (Å²) in [5.41, 5.74) is 11.5. The minimum absolute atomic E-state index is 0.370. The second-order valence-corrected chi connectivity index (χ2v) is 1.65. The molecule has 0 aromatic carbocycles. The molecule has 0 radical (unpaired) electrons. The lowest BCUT2D eigenvalue weighted by atomic mass is 10.4. The number of rotatable bonds is 1. The molecule has 0 atom stereocenters. The predicted molar refractivity (Wildman–Crippen MR) is 31.9 cm³/mol. The van der Waals surface area contributed by atoms with Crippen molar-refractivity contribution in [3.05, 3.63) is 24.0 Å². The number of nitrogens with one attached hydrogen (secondary N) is 1. The predicted octanol–water partition coefficient (Wildman–Crippen LogP) is -0.0693. The summed E-state index contributed by atoms with van der Waals surface area (Å²) in [7, 11) is 0. The Morgan fingerprint density at radius 3 is 2.50 bits per heavy atom. The van der Waals surface area contributed by atoms with Crippen molar-refractivity contribution in [2.75, 3.05) is 0 Å². The van der Waals surface area contributed by atoms with Gasteiger partial charge in [0, 0.05) is 11.9 Å². The molecule has 0 amide bonds. The Hall–Kier alpha value is -0.800. The fourth-order valence-corrected chi connectivity index (χ4v) is 0.552. The third-order valence-corrected chi connectivity index (χ3v) is 0.981. The Morgan fingerprint density at radius 1 is 1.50 bits per heavy atom. The quantitative estimate of drug-likeness (QED) is 0.444. The maximum atomic E-state index is 5.30. The number of aromatic amines is 1. The Morgan fingerprint density at radius 2 is 2.25 bits per heavy atom. The lowest BCUT2D eigenvalue weighted by molar-refractivity contribution is 0.748. The van der Waals surface area contributed by atoms with Crippen molar-refractivity contribution >= 4 is 0 Å². The molecule has 44 valence electrons. The van der Waals surface area contributed by atoms with Crippen LogP contribution < -0.4 is 11.5 Å². The van der Waals surface area contributed by atoms with E-state index in [1.165, 1.54) is 0 Å². The maximum absolute atomic E-state index is 5.30. The fourth-order valence-electron chi connectivity index (χ4n) is 0.552. The molecule has 0 bridgehead atoms. The van der Waals surface area contributed by atoms with E-state index in [4.69, 9.17) is 11.5 Å². The average molecular weight is 111 g/mol. The molecule has 1 aromatic rings. The van der Waals surface area contributed by atoms with Gasteiger partial charge in [-0.25, -0.2) is 0 Å². The van der Waals surface area contributed by atoms with E-state index in [1.54, 1.807) is 6.20 Å². The van der Waals surface area contributed by atoms with Crippen LogP contribution in [-0.4, -0.2) is 4.98 Å². The van der Waals surface area contributed by atoms with Crippen LogP contribution in [0.4, 0.5) is 0 Å². The summed E-state index contributed by atoms with van der Waals surface area (Å²) < 4.78 is 0. The monoisotopic (exact) mass is 111 g/mol. The number of hydrogen-bond acceptors (Lipinski definition) is 2. The van der Waals surface area contributed by atoms with Crippen molar-refractivity contribution in [2.45, 2.75) is 6.17 Å². The van der Waals surface area contributed by atoms with E-state index in [0.717, 1.165) is 5.69 Å².